The van der Waals surface area contributed by atoms with E-state index in [2.05, 4.69) is 10.3 Å². The van der Waals surface area contributed by atoms with Crippen molar-refractivity contribution < 1.29 is 4.39 Å². The van der Waals surface area contributed by atoms with E-state index < -0.39 is 0 Å². The maximum atomic E-state index is 12.3. The first-order valence-electron chi connectivity index (χ1n) is 3.33. The second kappa shape index (κ2) is 4.38. The van der Waals surface area contributed by atoms with Crippen LogP contribution in [0.5, 0.6) is 0 Å². The fourth-order valence-corrected chi connectivity index (χ4v) is 1.22. The summed E-state index contributed by atoms with van der Waals surface area (Å²) in [6, 6.07) is 0. The van der Waals surface area contributed by atoms with Crippen LogP contribution in [-0.2, 0) is 6.54 Å². The van der Waals surface area contributed by atoms with E-state index in [1.807, 2.05) is 0 Å². The van der Waals surface area contributed by atoms with Gasteiger partial charge in [-0.3, -0.25) is 0 Å². The maximum Gasteiger partial charge on any atom is 0.269 e. The first-order valence-corrected chi connectivity index (χ1v) is 4.21. The molecule has 0 aliphatic carbocycles. The molecule has 1 rings (SSSR count). The zero-order valence-corrected chi connectivity index (χ0v) is 6.83. The predicted octanol–water partition coefficient (Wildman–Crippen LogP) is 0.330. The topological polar surface area (TPSA) is 50.9 Å². The van der Waals surface area contributed by atoms with Crippen LogP contribution in [0.4, 0.5) is 4.39 Å². The van der Waals surface area contributed by atoms with Gasteiger partial charge in [-0.15, -0.1) is 0 Å². The molecule has 0 radical (unpaired) electrons. The van der Waals surface area contributed by atoms with Gasteiger partial charge in [-0.05, 0) is 0 Å². The normalized spacial score (nSPS) is 10.4. The monoisotopic (exact) mass is 175 g/mol. The van der Waals surface area contributed by atoms with Crippen molar-refractivity contribution in [2.75, 3.05) is 13.1 Å². The Morgan fingerprint density at radius 3 is 3.09 bits per heavy atom. The number of nitrogens with zero attached hydrogens (tertiary/aromatic N) is 1. The van der Waals surface area contributed by atoms with Crippen LogP contribution in [0.1, 0.15) is 5.69 Å². The second-order valence-corrected chi connectivity index (χ2v) is 2.87. The van der Waals surface area contributed by atoms with Gasteiger partial charge in [-0.25, -0.2) is 4.98 Å². The molecule has 0 aliphatic rings. The number of nitrogens with two attached hydrogens (primary N) is 1. The summed E-state index contributed by atoms with van der Waals surface area (Å²) in [5, 5.41) is 4.33. The average Bonchev–Trinajstić information content (AvgIpc) is 2.37. The summed E-state index contributed by atoms with van der Waals surface area (Å²) in [5.74, 6) is 0. The molecular formula is C6H10FN3S. The Kier molecular flexibility index (Phi) is 3.41. The van der Waals surface area contributed by atoms with E-state index in [0.29, 0.717) is 13.1 Å². The summed E-state index contributed by atoms with van der Waals surface area (Å²) in [6.45, 7) is 1.92. The SMILES string of the molecule is NCCNCc1csc(F)n1. The molecule has 0 unspecified atom stereocenters. The molecule has 1 aromatic heterocycles. The Hall–Kier alpha value is -0.520. The third kappa shape index (κ3) is 2.92. The van der Waals surface area contributed by atoms with Crippen LogP contribution in [0.2, 0.25) is 0 Å². The lowest BCUT2D eigenvalue weighted by molar-refractivity contribution is 0.602. The zero-order valence-electron chi connectivity index (χ0n) is 6.01. The van der Waals surface area contributed by atoms with Crippen molar-refractivity contribution in [1.29, 1.82) is 0 Å². The summed E-state index contributed by atoms with van der Waals surface area (Å²) in [4.78, 5) is 3.63. The summed E-state index contributed by atoms with van der Waals surface area (Å²) in [7, 11) is 0. The number of hydrogen-bond acceptors (Lipinski definition) is 4. The highest BCUT2D eigenvalue weighted by atomic mass is 32.1. The highest BCUT2D eigenvalue weighted by Gasteiger charge is 1.98. The molecule has 1 heterocycles. The van der Waals surface area contributed by atoms with Crippen LogP contribution in [0.15, 0.2) is 5.38 Å². The molecule has 0 aromatic carbocycles. The molecule has 3 nitrogen and oxygen atoms in total. The van der Waals surface area contributed by atoms with E-state index in [0.717, 1.165) is 23.6 Å². The molecule has 62 valence electrons. The molecule has 1 aromatic rings. The molecule has 3 N–H and O–H groups in total. The van der Waals surface area contributed by atoms with Crippen molar-refractivity contribution in [1.82, 2.24) is 10.3 Å². The van der Waals surface area contributed by atoms with E-state index in [9.17, 15) is 4.39 Å². The maximum absolute atomic E-state index is 12.3. The van der Waals surface area contributed by atoms with Gasteiger partial charge in [0.05, 0.1) is 5.69 Å². The standard InChI is InChI=1S/C6H10FN3S/c7-6-10-5(4-11-6)3-9-2-1-8/h4,9H,1-3,8H2. The van der Waals surface area contributed by atoms with Crippen LogP contribution in [0.3, 0.4) is 0 Å². The summed E-state index contributed by atoms with van der Waals surface area (Å²) in [5.41, 5.74) is 5.98. The zero-order chi connectivity index (χ0) is 8.10. The van der Waals surface area contributed by atoms with Gasteiger partial charge >= 0.3 is 0 Å². The molecule has 0 saturated heterocycles. The van der Waals surface area contributed by atoms with E-state index >= 15 is 0 Å². The van der Waals surface area contributed by atoms with Crippen LogP contribution in [0, 0.1) is 5.26 Å². The van der Waals surface area contributed by atoms with Gasteiger partial charge < -0.3 is 11.1 Å². The number of aromatic nitrogens is 1. The van der Waals surface area contributed by atoms with Crippen molar-refractivity contribution in [3.63, 3.8) is 0 Å². The molecule has 0 atom stereocenters. The minimum absolute atomic E-state index is 0.380. The summed E-state index contributed by atoms with van der Waals surface area (Å²) in [6.07, 6.45) is 0. The molecule has 0 fully saturated rings. The van der Waals surface area contributed by atoms with E-state index in [1.54, 1.807) is 5.38 Å². The number of nitrogens with one attached hydrogen (secondary N) is 1. The van der Waals surface area contributed by atoms with Gasteiger partial charge in [0.25, 0.3) is 5.26 Å². The second-order valence-electron chi connectivity index (χ2n) is 2.06. The summed E-state index contributed by atoms with van der Waals surface area (Å²) < 4.78 is 12.3. The molecule has 11 heavy (non-hydrogen) atoms. The van der Waals surface area contributed by atoms with Gasteiger partial charge in [0.15, 0.2) is 0 Å². The highest BCUT2D eigenvalue weighted by molar-refractivity contribution is 7.08. The molecule has 0 saturated carbocycles. The van der Waals surface area contributed by atoms with Crippen molar-refractivity contribution in [3.05, 3.63) is 16.3 Å². The highest BCUT2D eigenvalue weighted by Crippen LogP contribution is 2.06. The minimum Gasteiger partial charge on any atom is -0.329 e. The quantitative estimate of drug-likeness (QED) is 0.648. The fourth-order valence-electron chi connectivity index (χ4n) is 0.682. The van der Waals surface area contributed by atoms with E-state index in [1.165, 1.54) is 0 Å². The van der Waals surface area contributed by atoms with Crippen LogP contribution in [-0.4, -0.2) is 18.1 Å². The van der Waals surface area contributed by atoms with Crippen LogP contribution < -0.4 is 11.1 Å². The largest absolute Gasteiger partial charge is 0.329 e. The molecular weight excluding hydrogens is 165 g/mol. The molecule has 5 heteroatoms. The third-order valence-electron chi connectivity index (χ3n) is 1.15. The fraction of sp³-hybridized carbons (Fsp3) is 0.500. The number of thiazole rings is 1. The third-order valence-corrected chi connectivity index (χ3v) is 1.83. The lowest BCUT2D eigenvalue weighted by Gasteiger charge is -1.97. The van der Waals surface area contributed by atoms with E-state index in [-0.39, 0.29) is 5.26 Å². The Bertz CT molecular complexity index is 213. The Labute approximate surface area is 68.4 Å². The van der Waals surface area contributed by atoms with Crippen molar-refractivity contribution >= 4 is 11.3 Å². The Balaban J connectivity index is 2.27. The molecule has 0 amide bonds. The van der Waals surface area contributed by atoms with Gasteiger partial charge in [-0.2, -0.15) is 4.39 Å². The predicted molar refractivity (Wildman–Crippen MR) is 42.8 cm³/mol. The smallest absolute Gasteiger partial charge is 0.269 e. The van der Waals surface area contributed by atoms with Gasteiger partial charge in [0, 0.05) is 25.0 Å². The molecule has 0 aliphatic heterocycles. The van der Waals surface area contributed by atoms with Crippen LogP contribution >= 0.6 is 11.3 Å². The number of halogens is 1. The van der Waals surface area contributed by atoms with Gasteiger partial charge in [0.2, 0.25) is 0 Å². The van der Waals surface area contributed by atoms with Crippen molar-refractivity contribution in [3.8, 4) is 0 Å². The van der Waals surface area contributed by atoms with Crippen molar-refractivity contribution in [2.45, 2.75) is 6.54 Å². The Morgan fingerprint density at radius 1 is 1.73 bits per heavy atom. The molecule has 0 spiro atoms. The first-order chi connectivity index (χ1) is 5.33. The average molecular weight is 175 g/mol. The van der Waals surface area contributed by atoms with E-state index in [4.69, 9.17) is 5.73 Å². The van der Waals surface area contributed by atoms with Crippen LogP contribution in [0.25, 0.3) is 0 Å². The Morgan fingerprint density at radius 2 is 2.55 bits per heavy atom. The van der Waals surface area contributed by atoms with Crippen molar-refractivity contribution in [2.24, 2.45) is 5.73 Å². The number of rotatable bonds is 4. The van der Waals surface area contributed by atoms with Gasteiger partial charge in [-0.1, -0.05) is 11.3 Å². The minimum atomic E-state index is -0.380. The number of hydrogen-bond donors (Lipinski definition) is 2. The summed E-state index contributed by atoms with van der Waals surface area (Å²) >= 11 is 1.01. The first kappa shape index (κ1) is 8.58. The molecule has 0 bridgehead atoms. The van der Waals surface area contributed by atoms with Gasteiger partial charge in [0.1, 0.15) is 0 Å². The lowest BCUT2D eigenvalue weighted by Crippen LogP contribution is -2.21. The lowest BCUT2D eigenvalue weighted by atomic mass is 10.5.